The van der Waals surface area contributed by atoms with E-state index in [2.05, 4.69) is 25.1 Å². The summed E-state index contributed by atoms with van der Waals surface area (Å²) in [6.07, 6.45) is 1.46. The molecule has 0 unspecified atom stereocenters. The Morgan fingerprint density at radius 1 is 1.29 bits per heavy atom. The van der Waals surface area contributed by atoms with Crippen molar-refractivity contribution >= 4 is 38.7 Å². The number of aromatic nitrogens is 1. The Bertz CT molecular complexity index is 547. The lowest BCUT2D eigenvalue weighted by Gasteiger charge is -2.06. The van der Waals surface area contributed by atoms with Crippen molar-refractivity contribution in [1.82, 2.24) is 4.98 Å². The molecule has 0 aliphatic carbocycles. The summed E-state index contributed by atoms with van der Waals surface area (Å²) >= 11 is 2.75. The first-order valence-corrected chi connectivity index (χ1v) is 5.96. The first-order chi connectivity index (χ1) is 7.96. The average molecular weight is 324 g/mol. The second-order valence-corrected chi connectivity index (χ2v) is 4.75. The summed E-state index contributed by atoms with van der Waals surface area (Å²) in [7, 11) is 0. The smallest absolute Gasteiger partial charge is 0.397 e. The molecule has 2 rings (SSSR count). The van der Waals surface area contributed by atoms with Crippen molar-refractivity contribution in [3.8, 4) is 5.88 Å². The van der Waals surface area contributed by atoms with Gasteiger partial charge in [0.25, 0.3) is 0 Å². The number of fused-ring (bicyclic) bond motifs is 1. The number of alkyl halides is 3. The Hall–Kier alpha value is -0.950. The number of benzene rings is 1. The van der Waals surface area contributed by atoms with Gasteiger partial charge in [-0.15, -0.1) is 0 Å². The van der Waals surface area contributed by atoms with Gasteiger partial charge in [-0.3, -0.25) is 0 Å². The van der Waals surface area contributed by atoms with E-state index in [-0.39, 0.29) is 5.88 Å². The molecule has 0 spiro atoms. The van der Waals surface area contributed by atoms with E-state index in [1.165, 1.54) is 12.3 Å². The van der Waals surface area contributed by atoms with E-state index in [0.717, 1.165) is 15.2 Å². The zero-order valence-corrected chi connectivity index (χ0v) is 10.6. The summed E-state index contributed by atoms with van der Waals surface area (Å²) in [5.41, 5.74) is -4.44. The molecule has 0 amide bonds. The average Bonchev–Trinajstić information content (AvgIpc) is 2.26. The van der Waals surface area contributed by atoms with Crippen molar-refractivity contribution in [2.24, 2.45) is 0 Å². The standard InChI is InChI=1S/C10H5BrF3NOS/c11-8-3-1-2-6-4-9(15-5-7(6)8)16-17-10(12,13)14/h1-5H. The normalized spacial score (nSPS) is 11.8. The van der Waals surface area contributed by atoms with E-state index < -0.39 is 17.6 Å². The van der Waals surface area contributed by atoms with E-state index in [0.29, 0.717) is 0 Å². The minimum atomic E-state index is -4.44. The van der Waals surface area contributed by atoms with Gasteiger partial charge in [-0.2, -0.15) is 13.2 Å². The van der Waals surface area contributed by atoms with E-state index >= 15 is 0 Å². The van der Waals surface area contributed by atoms with Crippen molar-refractivity contribution in [3.05, 3.63) is 34.9 Å². The molecule has 0 aliphatic rings. The molecule has 0 fully saturated rings. The molecule has 0 N–H and O–H groups in total. The number of hydrogen-bond acceptors (Lipinski definition) is 3. The second kappa shape index (κ2) is 4.73. The van der Waals surface area contributed by atoms with Crippen LogP contribution in [0.25, 0.3) is 10.8 Å². The number of hydrogen-bond donors (Lipinski definition) is 0. The molecule has 0 bridgehead atoms. The van der Waals surface area contributed by atoms with Gasteiger partial charge >= 0.3 is 5.51 Å². The molecule has 17 heavy (non-hydrogen) atoms. The molecule has 0 aliphatic heterocycles. The minimum absolute atomic E-state index is 0.0714. The maximum Gasteiger partial charge on any atom is 0.479 e. The van der Waals surface area contributed by atoms with Crippen LogP contribution in [0.5, 0.6) is 5.88 Å². The molecule has 2 nitrogen and oxygen atoms in total. The van der Waals surface area contributed by atoms with Crippen LogP contribution in [-0.4, -0.2) is 10.5 Å². The molecule has 7 heteroatoms. The summed E-state index contributed by atoms with van der Waals surface area (Å²) < 4.78 is 41.1. The Morgan fingerprint density at radius 2 is 2.06 bits per heavy atom. The third-order valence-corrected chi connectivity index (χ3v) is 3.04. The maximum atomic E-state index is 11.9. The first kappa shape index (κ1) is 12.5. The second-order valence-electron chi connectivity index (χ2n) is 3.10. The molecule has 2 aromatic rings. The summed E-state index contributed by atoms with van der Waals surface area (Å²) in [6.45, 7) is 0. The van der Waals surface area contributed by atoms with Crippen molar-refractivity contribution in [1.29, 1.82) is 0 Å². The highest BCUT2D eigenvalue weighted by molar-refractivity contribution is 9.10. The van der Waals surface area contributed by atoms with Gasteiger partial charge in [0, 0.05) is 22.1 Å². The Kier molecular flexibility index (Phi) is 3.48. The van der Waals surface area contributed by atoms with Crippen molar-refractivity contribution in [2.75, 3.05) is 0 Å². The number of pyridine rings is 1. The highest BCUT2D eigenvalue weighted by atomic mass is 79.9. The molecule has 1 aromatic carbocycles. The van der Waals surface area contributed by atoms with E-state index in [4.69, 9.17) is 0 Å². The largest absolute Gasteiger partial charge is 0.479 e. The van der Waals surface area contributed by atoms with Gasteiger partial charge in [0.15, 0.2) is 12.0 Å². The monoisotopic (exact) mass is 323 g/mol. The number of halogens is 4. The van der Waals surface area contributed by atoms with Gasteiger partial charge in [0.1, 0.15) is 0 Å². The lowest BCUT2D eigenvalue weighted by atomic mass is 10.2. The number of nitrogens with zero attached hydrogens (tertiary/aromatic N) is 1. The third-order valence-electron chi connectivity index (χ3n) is 1.91. The first-order valence-electron chi connectivity index (χ1n) is 4.42. The zero-order valence-electron chi connectivity index (χ0n) is 8.16. The maximum absolute atomic E-state index is 11.9. The minimum Gasteiger partial charge on any atom is -0.397 e. The van der Waals surface area contributed by atoms with Crippen LogP contribution in [0.15, 0.2) is 34.9 Å². The Balaban J connectivity index is 2.26. The summed E-state index contributed by atoms with van der Waals surface area (Å²) in [5, 5.41) is 1.57. The highest BCUT2D eigenvalue weighted by Crippen LogP contribution is 2.33. The van der Waals surface area contributed by atoms with Gasteiger partial charge in [0.2, 0.25) is 5.88 Å². The molecular formula is C10H5BrF3NOS. The lowest BCUT2D eigenvalue weighted by Crippen LogP contribution is -2.03. The van der Waals surface area contributed by atoms with E-state index in [1.54, 1.807) is 12.1 Å². The van der Waals surface area contributed by atoms with E-state index in [9.17, 15) is 13.2 Å². The quantitative estimate of drug-likeness (QED) is 0.757. The predicted octanol–water partition coefficient (Wildman–Crippen LogP) is 4.54. The summed E-state index contributed by atoms with van der Waals surface area (Å²) in [4.78, 5) is 3.80. The molecule has 90 valence electrons. The lowest BCUT2D eigenvalue weighted by molar-refractivity contribution is -0.0370. The van der Waals surface area contributed by atoms with Crippen molar-refractivity contribution in [3.63, 3.8) is 0 Å². The van der Waals surface area contributed by atoms with Crippen molar-refractivity contribution in [2.45, 2.75) is 5.51 Å². The SMILES string of the molecule is FC(F)(F)SOc1cc2cccc(Br)c2cn1. The van der Waals surface area contributed by atoms with Gasteiger partial charge in [0.05, 0.1) is 0 Å². The van der Waals surface area contributed by atoms with Crippen LogP contribution in [0.4, 0.5) is 13.2 Å². The fourth-order valence-electron chi connectivity index (χ4n) is 1.25. The van der Waals surface area contributed by atoms with Crippen LogP contribution in [0.2, 0.25) is 0 Å². The van der Waals surface area contributed by atoms with Gasteiger partial charge in [-0.1, -0.05) is 28.1 Å². The Morgan fingerprint density at radius 3 is 2.76 bits per heavy atom. The van der Waals surface area contributed by atoms with E-state index in [1.807, 2.05) is 6.07 Å². The van der Waals surface area contributed by atoms with Crippen molar-refractivity contribution < 1.29 is 17.4 Å². The van der Waals surface area contributed by atoms with Gasteiger partial charge in [-0.25, -0.2) is 4.98 Å². The molecule has 0 saturated heterocycles. The molecule has 0 atom stereocenters. The highest BCUT2D eigenvalue weighted by Gasteiger charge is 2.31. The topological polar surface area (TPSA) is 22.1 Å². The van der Waals surface area contributed by atoms with Crippen LogP contribution < -0.4 is 4.18 Å². The fraction of sp³-hybridized carbons (Fsp3) is 0.100. The van der Waals surface area contributed by atoms with Crippen LogP contribution in [0.1, 0.15) is 0 Å². The van der Waals surface area contributed by atoms with Crippen LogP contribution in [0, 0.1) is 0 Å². The number of rotatable bonds is 2. The third kappa shape index (κ3) is 3.26. The molecule has 0 radical (unpaired) electrons. The van der Waals surface area contributed by atoms with Crippen LogP contribution >= 0.6 is 28.0 Å². The van der Waals surface area contributed by atoms with Crippen LogP contribution in [-0.2, 0) is 0 Å². The van der Waals surface area contributed by atoms with Crippen LogP contribution in [0.3, 0.4) is 0 Å². The van der Waals surface area contributed by atoms with Gasteiger partial charge in [-0.05, 0) is 11.5 Å². The zero-order chi connectivity index (χ0) is 12.5. The summed E-state index contributed by atoms with van der Waals surface area (Å²) in [6, 6.07) is 6.84. The Labute approximate surface area is 108 Å². The molecular weight excluding hydrogens is 319 g/mol. The predicted molar refractivity (Wildman–Crippen MR) is 63.7 cm³/mol. The molecule has 1 heterocycles. The fourth-order valence-corrected chi connectivity index (χ4v) is 2.00. The molecule has 0 saturated carbocycles. The summed E-state index contributed by atoms with van der Waals surface area (Å²) in [5.74, 6) is -0.0714. The molecule has 1 aromatic heterocycles. The van der Waals surface area contributed by atoms with Gasteiger partial charge < -0.3 is 4.18 Å².